The minimum Gasteiger partial charge on any atom is -0.497 e. The van der Waals surface area contributed by atoms with Gasteiger partial charge in [-0.2, -0.15) is 18.3 Å². The SMILES string of the molecule is COc1ccc(-c2cc(C(F)(F)F)n3nc(C(=O)Nc4ccc(F)cc4F)c(Cl)c3n2)cc1. The van der Waals surface area contributed by atoms with E-state index in [0.29, 0.717) is 21.9 Å². The molecule has 0 atom stereocenters. The number of nitrogens with one attached hydrogen (secondary N) is 1. The number of amides is 1. The van der Waals surface area contributed by atoms with Crippen LogP contribution in [0.25, 0.3) is 16.9 Å². The minimum absolute atomic E-state index is 0.0733. The number of alkyl halides is 3. The van der Waals surface area contributed by atoms with Gasteiger partial charge in [-0.3, -0.25) is 4.79 Å². The van der Waals surface area contributed by atoms with Crippen LogP contribution in [-0.2, 0) is 6.18 Å². The Bertz CT molecular complexity index is 1370. The van der Waals surface area contributed by atoms with Crippen molar-refractivity contribution < 1.29 is 31.5 Å². The number of anilines is 1. The number of benzene rings is 2. The van der Waals surface area contributed by atoms with Crippen LogP contribution in [0.3, 0.4) is 0 Å². The van der Waals surface area contributed by atoms with Crippen LogP contribution in [0.1, 0.15) is 16.2 Å². The Balaban J connectivity index is 1.82. The van der Waals surface area contributed by atoms with Gasteiger partial charge in [-0.1, -0.05) is 11.6 Å². The molecule has 0 spiro atoms. The predicted octanol–water partition coefficient (Wildman–Crippen LogP) is 5.61. The van der Waals surface area contributed by atoms with E-state index in [9.17, 15) is 26.7 Å². The highest BCUT2D eigenvalue weighted by Gasteiger charge is 2.36. The molecule has 170 valence electrons. The van der Waals surface area contributed by atoms with E-state index in [1.807, 2.05) is 0 Å². The fourth-order valence-electron chi connectivity index (χ4n) is 3.02. The minimum atomic E-state index is -4.87. The molecule has 0 saturated carbocycles. The van der Waals surface area contributed by atoms with E-state index in [1.54, 1.807) is 12.1 Å². The summed E-state index contributed by atoms with van der Waals surface area (Å²) in [7, 11) is 1.44. The molecular formula is C21H12ClF5N4O2. The number of rotatable bonds is 4. The molecule has 1 amide bonds. The van der Waals surface area contributed by atoms with Gasteiger partial charge in [-0.05, 0) is 42.5 Å². The number of nitrogens with zero attached hydrogens (tertiary/aromatic N) is 3. The number of hydrogen-bond donors (Lipinski definition) is 1. The maximum absolute atomic E-state index is 13.9. The molecule has 2 aromatic heterocycles. The van der Waals surface area contributed by atoms with Crippen LogP contribution in [0, 0.1) is 11.6 Å². The lowest BCUT2D eigenvalue weighted by molar-refractivity contribution is -0.142. The first-order chi connectivity index (χ1) is 15.6. The first-order valence-corrected chi connectivity index (χ1v) is 9.53. The molecule has 6 nitrogen and oxygen atoms in total. The highest BCUT2D eigenvalue weighted by atomic mass is 35.5. The molecule has 0 bridgehead atoms. The first-order valence-electron chi connectivity index (χ1n) is 9.16. The molecule has 0 fully saturated rings. The van der Waals surface area contributed by atoms with Crippen molar-refractivity contribution in [2.24, 2.45) is 0 Å². The summed E-state index contributed by atoms with van der Waals surface area (Å²) in [4.78, 5) is 16.7. The van der Waals surface area contributed by atoms with Gasteiger partial charge in [0.2, 0.25) is 0 Å². The van der Waals surface area contributed by atoms with E-state index >= 15 is 0 Å². The van der Waals surface area contributed by atoms with E-state index in [-0.39, 0.29) is 5.69 Å². The summed E-state index contributed by atoms with van der Waals surface area (Å²) in [6.07, 6.45) is -4.87. The van der Waals surface area contributed by atoms with Crippen LogP contribution < -0.4 is 10.1 Å². The predicted molar refractivity (Wildman–Crippen MR) is 109 cm³/mol. The second kappa shape index (κ2) is 8.32. The van der Waals surface area contributed by atoms with E-state index < -0.39 is 51.5 Å². The molecule has 0 saturated heterocycles. The molecular weight excluding hydrogens is 471 g/mol. The van der Waals surface area contributed by atoms with Crippen molar-refractivity contribution in [3.8, 4) is 17.0 Å². The first kappa shape index (κ1) is 22.5. The number of carbonyl (C=O) groups is 1. The van der Waals surface area contributed by atoms with Crippen LogP contribution in [0.15, 0.2) is 48.5 Å². The molecule has 2 aromatic carbocycles. The summed E-state index contributed by atoms with van der Waals surface area (Å²) < 4.78 is 73.7. The van der Waals surface area contributed by atoms with Gasteiger partial charge in [0.05, 0.1) is 18.5 Å². The Morgan fingerprint density at radius 1 is 1.09 bits per heavy atom. The van der Waals surface area contributed by atoms with Crippen molar-refractivity contribution in [1.29, 1.82) is 0 Å². The Morgan fingerprint density at radius 2 is 1.79 bits per heavy atom. The Kier molecular flexibility index (Phi) is 5.66. The fraction of sp³-hybridized carbons (Fsp3) is 0.0952. The maximum Gasteiger partial charge on any atom is 0.433 e. The Hall–Kier alpha value is -3.73. The molecule has 0 aliphatic heterocycles. The van der Waals surface area contributed by atoms with E-state index in [1.165, 1.54) is 19.2 Å². The standard InChI is InChI=1S/C21H12ClF5N4O2/c1-33-12-5-2-10(3-6-12)15-9-16(21(25,26)27)31-19(28-15)17(22)18(30-31)20(32)29-14-7-4-11(23)8-13(14)24/h2-9H,1H3,(H,29,32). The Labute approximate surface area is 187 Å². The van der Waals surface area contributed by atoms with Crippen LogP contribution in [0.5, 0.6) is 5.75 Å². The number of aromatic nitrogens is 3. The van der Waals surface area contributed by atoms with Gasteiger partial charge in [0.1, 0.15) is 22.4 Å². The summed E-state index contributed by atoms with van der Waals surface area (Å²) in [5.74, 6) is -2.57. The normalized spacial score (nSPS) is 11.6. The van der Waals surface area contributed by atoms with Crippen LogP contribution >= 0.6 is 11.6 Å². The number of hydrogen-bond acceptors (Lipinski definition) is 4. The second-order valence-corrected chi connectivity index (χ2v) is 7.11. The van der Waals surface area contributed by atoms with Crippen molar-refractivity contribution >= 4 is 28.8 Å². The number of carbonyl (C=O) groups excluding carboxylic acids is 1. The topological polar surface area (TPSA) is 68.5 Å². The molecule has 0 aliphatic rings. The lowest BCUT2D eigenvalue weighted by Gasteiger charge is -2.11. The smallest absolute Gasteiger partial charge is 0.433 e. The third-order valence-corrected chi connectivity index (χ3v) is 4.95. The summed E-state index contributed by atoms with van der Waals surface area (Å²) in [5.41, 5.74) is -2.42. The molecule has 1 N–H and O–H groups in total. The molecule has 12 heteroatoms. The number of fused-ring (bicyclic) bond motifs is 1. The summed E-state index contributed by atoms with van der Waals surface area (Å²) in [5, 5.41) is 5.29. The van der Waals surface area contributed by atoms with Gasteiger partial charge in [-0.25, -0.2) is 18.3 Å². The van der Waals surface area contributed by atoms with Gasteiger partial charge in [0.25, 0.3) is 5.91 Å². The van der Waals surface area contributed by atoms with Gasteiger partial charge in [-0.15, -0.1) is 0 Å². The molecule has 0 radical (unpaired) electrons. The third-order valence-electron chi connectivity index (χ3n) is 4.60. The summed E-state index contributed by atoms with van der Waals surface area (Å²) in [6.45, 7) is 0. The van der Waals surface area contributed by atoms with Crippen molar-refractivity contribution in [3.63, 3.8) is 0 Å². The zero-order valence-electron chi connectivity index (χ0n) is 16.5. The highest BCUT2D eigenvalue weighted by Crippen LogP contribution is 2.35. The van der Waals surface area contributed by atoms with Crippen molar-refractivity contribution in [2.45, 2.75) is 6.18 Å². The van der Waals surface area contributed by atoms with E-state index in [0.717, 1.165) is 18.2 Å². The van der Waals surface area contributed by atoms with Crippen molar-refractivity contribution in [2.75, 3.05) is 12.4 Å². The van der Waals surface area contributed by atoms with E-state index in [4.69, 9.17) is 16.3 Å². The Morgan fingerprint density at radius 3 is 2.39 bits per heavy atom. The summed E-state index contributed by atoms with van der Waals surface area (Å²) >= 11 is 6.16. The average molecular weight is 483 g/mol. The molecule has 4 aromatic rings. The zero-order chi connectivity index (χ0) is 23.9. The molecule has 0 aliphatic carbocycles. The molecule has 0 unspecified atom stereocenters. The average Bonchev–Trinajstić information content (AvgIpc) is 3.11. The van der Waals surface area contributed by atoms with Crippen molar-refractivity contribution in [3.05, 3.63) is 76.6 Å². The second-order valence-electron chi connectivity index (χ2n) is 6.73. The largest absolute Gasteiger partial charge is 0.497 e. The monoisotopic (exact) mass is 482 g/mol. The lowest BCUT2D eigenvalue weighted by Crippen LogP contribution is -2.16. The van der Waals surface area contributed by atoms with Gasteiger partial charge >= 0.3 is 6.18 Å². The lowest BCUT2D eigenvalue weighted by atomic mass is 10.1. The van der Waals surface area contributed by atoms with Gasteiger partial charge < -0.3 is 10.1 Å². The molecule has 2 heterocycles. The van der Waals surface area contributed by atoms with Gasteiger partial charge in [0.15, 0.2) is 17.0 Å². The number of ether oxygens (including phenoxy) is 1. The van der Waals surface area contributed by atoms with Crippen LogP contribution in [-0.4, -0.2) is 27.6 Å². The molecule has 4 rings (SSSR count). The van der Waals surface area contributed by atoms with Crippen molar-refractivity contribution in [1.82, 2.24) is 14.6 Å². The summed E-state index contributed by atoms with van der Waals surface area (Å²) in [6, 6.07) is 9.25. The van der Waals surface area contributed by atoms with Gasteiger partial charge in [0, 0.05) is 11.6 Å². The van der Waals surface area contributed by atoms with Crippen LogP contribution in [0.2, 0.25) is 5.02 Å². The quantitative estimate of drug-likeness (QED) is 0.384. The van der Waals surface area contributed by atoms with E-state index in [2.05, 4.69) is 15.4 Å². The van der Waals surface area contributed by atoms with Crippen LogP contribution in [0.4, 0.5) is 27.6 Å². The fourth-order valence-corrected chi connectivity index (χ4v) is 3.27. The maximum atomic E-state index is 13.9. The third kappa shape index (κ3) is 4.31. The number of halogens is 6. The number of methoxy groups -OCH3 is 1. The zero-order valence-corrected chi connectivity index (χ0v) is 17.3. The highest BCUT2D eigenvalue weighted by molar-refractivity contribution is 6.37. The molecule has 33 heavy (non-hydrogen) atoms.